The van der Waals surface area contributed by atoms with E-state index in [1.165, 1.54) is 30.7 Å². The maximum Gasteiger partial charge on any atom is 0.220 e. The van der Waals surface area contributed by atoms with E-state index in [4.69, 9.17) is 0 Å². The molecule has 0 aliphatic heterocycles. The molecule has 0 bridgehead atoms. The Morgan fingerprint density at radius 3 is 2.60 bits per heavy atom. The van der Waals surface area contributed by atoms with Crippen LogP contribution in [0.25, 0.3) is 5.65 Å². The summed E-state index contributed by atoms with van der Waals surface area (Å²) in [5.74, 6) is 1.16. The highest BCUT2D eigenvalue weighted by molar-refractivity contribution is 5.75. The minimum atomic E-state index is 0.0836. The zero-order valence-electron chi connectivity index (χ0n) is 18.2. The zero-order chi connectivity index (χ0) is 21.0. The molecule has 0 spiro atoms. The summed E-state index contributed by atoms with van der Waals surface area (Å²) in [6.45, 7) is 5.87. The summed E-state index contributed by atoms with van der Waals surface area (Å²) in [7, 11) is 0. The SMILES string of the molecule is Cc1ccc(C)n1CCCC(=O)NCC1(Cc2nnc3ccccn23)CCCCC1. The summed E-state index contributed by atoms with van der Waals surface area (Å²) >= 11 is 0. The Labute approximate surface area is 178 Å². The van der Waals surface area contributed by atoms with Crippen molar-refractivity contribution < 1.29 is 4.79 Å². The molecule has 6 nitrogen and oxygen atoms in total. The molecule has 30 heavy (non-hydrogen) atoms. The molecule has 1 N–H and O–H groups in total. The summed E-state index contributed by atoms with van der Waals surface area (Å²) < 4.78 is 4.37. The highest BCUT2D eigenvalue weighted by Crippen LogP contribution is 2.38. The third-order valence-corrected chi connectivity index (χ3v) is 6.70. The smallest absolute Gasteiger partial charge is 0.220 e. The van der Waals surface area contributed by atoms with Crippen LogP contribution in [0, 0.1) is 19.3 Å². The first-order valence-electron chi connectivity index (χ1n) is 11.2. The molecule has 1 aliphatic rings. The number of hydrogen-bond donors (Lipinski definition) is 1. The van der Waals surface area contributed by atoms with E-state index in [0.717, 1.165) is 50.2 Å². The average molecular weight is 408 g/mol. The second kappa shape index (κ2) is 9.02. The van der Waals surface area contributed by atoms with Crippen LogP contribution in [0.4, 0.5) is 0 Å². The second-order valence-electron chi connectivity index (χ2n) is 8.93. The number of rotatable bonds is 8. The summed E-state index contributed by atoms with van der Waals surface area (Å²) in [5, 5.41) is 12.0. The molecule has 0 unspecified atom stereocenters. The Hall–Kier alpha value is -2.63. The molecule has 0 aromatic carbocycles. The maximum atomic E-state index is 12.6. The van der Waals surface area contributed by atoms with Crippen LogP contribution < -0.4 is 5.32 Å². The van der Waals surface area contributed by atoms with E-state index in [0.29, 0.717) is 6.42 Å². The van der Waals surface area contributed by atoms with Gasteiger partial charge in [-0.2, -0.15) is 0 Å². The Morgan fingerprint density at radius 2 is 1.83 bits per heavy atom. The van der Waals surface area contributed by atoms with Gasteiger partial charge in [0.15, 0.2) is 5.65 Å². The van der Waals surface area contributed by atoms with Crippen molar-refractivity contribution in [2.45, 2.75) is 71.8 Å². The monoisotopic (exact) mass is 407 g/mol. The molecule has 3 aromatic rings. The molecule has 1 aliphatic carbocycles. The van der Waals surface area contributed by atoms with Gasteiger partial charge in [-0.25, -0.2) is 0 Å². The Morgan fingerprint density at radius 1 is 1.07 bits per heavy atom. The fourth-order valence-electron chi connectivity index (χ4n) is 4.89. The number of pyridine rings is 1. The predicted octanol–water partition coefficient (Wildman–Crippen LogP) is 4.24. The minimum Gasteiger partial charge on any atom is -0.356 e. The van der Waals surface area contributed by atoms with Gasteiger partial charge in [-0.1, -0.05) is 25.3 Å². The number of carbonyl (C=O) groups excluding carboxylic acids is 1. The zero-order valence-corrected chi connectivity index (χ0v) is 18.2. The lowest BCUT2D eigenvalue weighted by Crippen LogP contribution is -2.41. The molecule has 3 aromatic heterocycles. The van der Waals surface area contributed by atoms with Gasteiger partial charge < -0.3 is 9.88 Å². The van der Waals surface area contributed by atoms with Gasteiger partial charge in [-0.15, -0.1) is 10.2 Å². The number of amides is 1. The molecule has 4 rings (SSSR count). The van der Waals surface area contributed by atoms with Crippen LogP contribution in [-0.4, -0.2) is 31.6 Å². The number of carbonyl (C=O) groups is 1. The fraction of sp³-hybridized carbons (Fsp3) is 0.542. The number of fused-ring (bicyclic) bond motifs is 1. The molecule has 1 fully saturated rings. The number of nitrogens with zero attached hydrogens (tertiary/aromatic N) is 4. The van der Waals surface area contributed by atoms with Gasteiger partial charge in [-0.05, 0) is 62.8 Å². The summed E-state index contributed by atoms with van der Waals surface area (Å²) in [6.07, 6.45) is 10.3. The van der Waals surface area contributed by atoms with Crippen LogP contribution >= 0.6 is 0 Å². The van der Waals surface area contributed by atoms with Crippen molar-refractivity contribution in [1.29, 1.82) is 0 Å². The minimum absolute atomic E-state index is 0.0836. The number of hydrogen-bond acceptors (Lipinski definition) is 3. The molecule has 160 valence electrons. The van der Waals surface area contributed by atoms with Gasteiger partial charge in [0.05, 0.1) is 0 Å². The van der Waals surface area contributed by atoms with Crippen LogP contribution in [0.5, 0.6) is 0 Å². The van der Waals surface area contributed by atoms with Gasteiger partial charge in [0.2, 0.25) is 5.91 Å². The van der Waals surface area contributed by atoms with E-state index in [1.807, 2.05) is 24.4 Å². The van der Waals surface area contributed by atoms with Crippen molar-refractivity contribution in [3.63, 3.8) is 0 Å². The molecule has 1 amide bonds. The standard InChI is InChI=1S/C24H33N5O/c1-19-11-12-20(2)28(19)16-8-10-23(30)25-18-24(13-5-3-6-14-24)17-22-27-26-21-9-4-7-15-29(21)22/h4,7,9,11-12,15H,3,5-6,8,10,13-14,16-18H2,1-2H3,(H,25,30). The van der Waals surface area contributed by atoms with Gasteiger partial charge >= 0.3 is 0 Å². The third-order valence-electron chi connectivity index (χ3n) is 6.70. The quantitative estimate of drug-likeness (QED) is 0.607. The second-order valence-corrected chi connectivity index (χ2v) is 8.93. The van der Waals surface area contributed by atoms with E-state index in [-0.39, 0.29) is 11.3 Å². The molecular formula is C24H33N5O. The van der Waals surface area contributed by atoms with E-state index < -0.39 is 0 Å². The van der Waals surface area contributed by atoms with Crippen molar-refractivity contribution in [3.05, 3.63) is 53.7 Å². The van der Waals surface area contributed by atoms with Gasteiger partial charge in [0.1, 0.15) is 5.82 Å². The third kappa shape index (κ3) is 4.58. The maximum absolute atomic E-state index is 12.6. The molecule has 0 saturated heterocycles. The molecule has 0 atom stereocenters. The van der Waals surface area contributed by atoms with E-state index >= 15 is 0 Å². The number of aryl methyl sites for hydroxylation is 2. The fourth-order valence-corrected chi connectivity index (χ4v) is 4.89. The van der Waals surface area contributed by atoms with Crippen molar-refractivity contribution in [1.82, 2.24) is 24.5 Å². The average Bonchev–Trinajstić information content (AvgIpc) is 3.31. The van der Waals surface area contributed by atoms with E-state index in [9.17, 15) is 4.79 Å². The summed E-state index contributed by atoms with van der Waals surface area (Å²) in [6, 6.07) is 10.3. The molecular weight excluding hydrogens is 374 g/mol. The van der Waals surface area contributed by atoms with Crippen LogP contribution in [-0.2, 0) is 17.8 Å². The van der Waals surface area contributed by atoms with E-state index in [2.05, 4.69) is 50.5 Å². The van der Waals surface area contributed by atoms with Crippen LogP contribution in [0.1, 0.15) is 62.2 Å². The molecule has 3 heterocycles. The first kappa shape index (κ1) is 20.6. The largest absolute Gasteiger partial charge is 0.356 e. The lowest BCUT2D eigenvalue weighted by molar-refractivity contribution is -0.121. The normalized spacial score (nSPS) is 16.1. The Balaban J connectivity index is 1.35. The highest BCUT2D eigenvalue weighted by atomic mass is 16.1. The molecule has 6 heteroatoms. The predicted molar refractivity (Wildman–Crippen MR) is 118 cm³/mol. The Kier molecular flexibility index (Phi) is 6.21. The van der Waals surface area contributed by atoms with Crippen molar-refractivity contribution in [2.75, 3.05) is 6.54 Å². The summed E-state index contributed by atoms with van der Waals surface area (Å²) in [4.78, 5) is 12.6. The lowest BCUT2D eigenvalue weighted by atomic mass is 9.71. The van der Waals surface area contributed by atoms with Crippen molar-refractivity contribution in [2.24, 2.45) is 5.41 Å². The first-order valence-corrected chi connectivity index (χ1v) is 11.2. The summed E-state index contributed by atoms with van der Waals surface area (Å²) in [5.41, 5.74) is 3.49. The van der Waals surface area contributed by atoms with Gasteiger partial charge in [-0.3, -0.25) is 9.20 Å². The topological polar surface area (TPSA) is 64.2 Å². The van der Waals surface area contributed by atoms with E-state index in [1.54, 1.807) is 0 Å². The highest BCUT2D eigenvalue weighted by Gasteiger charge is 2.34. The van der Waals surface area contributed by atoms with Crippen LogP contribution in [0.3, 0.4) is 0 Å². The Bertz CT molecular complexity index is 977. The van der Waals surface area contributed by atoms with Crippen molar-refractivity contribution >= 4 is 11.6 Å². The lowest BCUT2D eigenvalue weighted by Gasteiger charge is -2.37. The van der Waals surface area contributed by atoms with Gasteiger partial charge in [0.25, 0.3) is 0 Å². The van der Waals surface area contributed by atoms with Crippen LogP contribution in [0.2, 0.25) is 0 Å². The first-order chi connectivity index (χ1) is 14.6. The number of aromatic nitrogens is 4. The molecule has 0 radical (unpaired) electrons. The number of nitrogens with one attached hydrogen (secondary N) is 1. The van der Waals surface area contributed by atoms with Crippen LogP contribution in [0.15, 0.2) is 36.5 Å². The van der Waals surface area contributed by atoms with Crippen molar-refractivity contribution in [3.8, 4) is 0 Å². The molecule has 1 saturated carbocycles. The van der Waals surface area contributed by atoms with Gasteiger partial charge in [0, 0.05) is 43.5 Å².